The summed E-state index contributed by atoms with van der Waals surface area (Å²) in [5.74, 6) is 2.69. The summed E-state index contributed by atoms with van der Waals surface area (Å²) >= 11 is 0. The first kappa shape index (κ1) is 25.3. The average molecular weight is 488 g/mol. The van der Waals surface area contributed by atoms with Crippen molar-refractivity contribution in [3.63, 3.8) is 0 Å². The van der Waals surface area contributed by atoms with Gasteiger partial charge in [0.1, 0.15) is 5.76 Å². The van der Waals surface area contributed by atoms with Gasteiger partial charge in [0.15, 0.2) is 0 Å². The van der Waals surface area contributed by atoms with Crippen LogP contribution < -0.4 is 5.32 Å². The second-order valence-corrected chi connectivity index (χ2v) is 12.9. The van der Waals surface area contributed by atoms with Crippen LogP contribution in [-0.2, 0) is 11.3 Å². The van der Waals surface area contributed by atoms with E-state index in [0.29, 0.717) is 42.6 Å². The first-order chi connectivity index (χ1) is 16.6. The number of amides is 1. The highest BCUT2D eigenvalue weighted by atomic mass is 16.3. The van der Waals surface area contributed by atoms with Gasteiger partial charge in [-0.1, -0.05) is 20.8 Å². The summed E-state index contributed by atoms with van der Waals surface area (Å²) in [6, 6.07) is 3.68. The Labute approximate surface area is 209 Å². The smallest absolute Gasteiger partial charge is 0.220 e. The third-order valence-electron chi connectivity index (χ3n) is 11.4. The van der Waals surface area contributed by atoms with Crippen LogP contribution in [0.1, 0.15) is 84.3 Å². The highest BCUT2D eigenvalue weighted by Gasteiger charge is 2.65. The summed E-state index contributed by atoms with van der Waals surface area (Å²) in [6.45, 7) is 7.31. The van der Waals surface area contributed by atoms with Gasteiger partial charge in [0.2, 0.25) is 5.91 Å². The normalized spacial score (nSPS) is 45.8. The Morgan fingerprint density at radius 3 is 2.69 bits per heavy atom. The van der Waals surface area contributed by atoms with Crippen LogP contribution >= 0.6 is 0 Å². The van der Waals surface area contributed by atoms with E-state index in [-0.39, 0.29) is 41.0 Å². The van der Waals surface area contributed by atoms with Crippen molar-refractivity contribution in [1.82, 2.24) is 5.32 Å². The molecule has 4 aliphatic rings. The number of hydrogen-bond acceptors (Lipinski definition) is 5. The maximum Gasteiger partial charge on any atom is 0.220 e. The molecule has 4 N–H and O–H groups in total. The summed E-state index contributed by atoms with van der Waals surface area (Å²) in [7, 11) is 0. The van der Waals surface area contributed by atoms with Crippen molar-refractivity contribution >= 4 is 5.91 Å². The molecule has 0 saturated heterocycles. The van der Waals surface area contributed by atoms with Crippen LogP contribution in [0.15, 0.2) is 22.8 Å². The first-order valence-corrected chi connectivity index (χ1v) is 14.0. The number of carbonyl (C=O) groups excluding carboxylic acids is 1. The lowest BCUT2D eigenvalue weighted by Crippen LogP contribution is -2.62. The molecule has 1 aromatic rings. The number of aliphatic hydroxyl groups excluding tert-OH is 3. The van der Waals surface area contributed by atoms with Gasteiger partial charge >= 0.3 is 0 Å². The van der Waals surface area contributed by atoms with E-state index in [9.17, 15) is 20.1 Å². The summed E-state index contributed by atoms with van der Waals surface area (Å²) < 4.78 is 5.30. The van der Waals surface area contributed by atoms with Crippen molar-refractivity contribution in [1.29, 1.82) is 0 Å². The molecule has 0 spiro atoms. The van der Waals surface area contributed by atoms with E-state index < -0.39 is 0 Å². The second kappa shape index (κ2) is 9.50. The van der Waals surface area contributed by atoms with Crippen LogP contribution in [0.25, 0.3) is 0 Å². The van der Waals surface area contributed by atoms with Gasteiger partial charge in [0.05, 0.1) is 31.1 Å². The molecule has 35 heavy (non-hydrogen) atoms. The predicted octanol–water partition coefficient (Wildman–Crippen LogP) is 4.27. The Hall–Kier alpha value is -1.37. The molecule has 6 heteroatoms. The molecule has 0 aromatic carbocycles. The Morgan fingerprint density at radius 2 is 1.94 bits per heavy atom. The molecule has 6 nitrogen and oxygen atoms in total. The zero-order valence-electron chi connectivity index (χ0n) is 21.7. The number of fused-ring (bicyclic) bond motifs is 5. The monoisotopic (exact) mass is 487 g/mol. The van der Waals surface area contributed by atoms with Crippen LogP contribution in [0.2, 0.25) is 0 Å². The number of nitrogens with one attached hydrogen (secondary N) is 1. The average Bonchev–Trinajstić information content (AvgIpc) is 3.46. The van der Waals surface area contributed by atoms with Gasteiger partial charge in [0, 0.05) is 6.42 Å². The van der Waals surface area contributed by atoms with E-state index in [2.05, 4.69) is 26.1 Å². The van der Waals surface area contributed by atoms with Crippen molar-refractivity contribution in [2.24, 2.45) is 46.3 Å². The minimum atomic E-state index is -0.383. The molecule has 1 amide bonds. The third-order valence-corrected chi connectivity index (χ3v) is 11.4. The van der Waals surface area contributed by atoms with Gasteiger partial charge in [-0.3, -0.25) is 4.79 Å². The van der Waals surface area contributed by atoms with Gasteiger partial charge in [0.25, 0.3) is 0 Å². The van der Waals surface area contributed by atoms with E-state index in [1.165, 1.54) is 0 Å². The van der Waals surface area contributed by atoms with E-state index >= 15 is 0 Å². The highest BCUT2D eigenvalue weighted by molar-refractivity contribution is 5.75. The number of aliphatic hydroxyl groups is 3. The maximum atomic E-state index is 12.5. The van der Waals surface area contributed by atoms with Crippen LogP contribution in [0.5, 0.6) is 0 Å². The van der Waals surface area contributed by atoms with Crippen LogP contribution in [0.4, 0.5) is 0 Å². The van der Waals surface area contributed by atoms with Crippen molar-refractivity contribution in [2.45, 2.75) is 103 Å². The number of furan rings is 1. The van der Waals surface area contributed by atoms with Gasteiger partial charge in [-0.2, -0.15) is 0 Å². The number of hydrogen-bond donors (Lipinski definition) is 4. The standard InChI is InChI=1S/C29H45NO5/c1-17(6-9-26(34)30-16-20-5-4-12-35-20)21-7-8-22-27-23(15-25(33)29(21,22)3)28(2)11-10-19(31)13-18(28)14-24(27)32/h4-5,12,17-19,21-25,27,31-33H,6-11,13-16H2,1-3H3,(H,30,34)/t17-,18-,19-,21+,22-,23-,24-,25+,27+,28+,29-/m1/s1. The Balaban J connectivity index is 1.26. The minimum absolute atomic E-state index is 0.0402. The fourth-order valence-electron chi connectivity index (χ4n) is 9.38. The van der Waals surface area contributed by atoms with Gasteiger partial charge in [-0.05, 0) is 110 Å². The molecular weight excluding hydrogens is 442 g/mol. The van der Waals surface area contributed by atoms with Gasteiger partial charge in [-0.25, -0.2) is 0 Å². The second-order valence-electron chi connectivity index (χ2n) is 12.9. The lowest BCUT2D eigenvalue weighted by atomic mass is 9.43. The van der Waals surface area contributed by atoms with Crippen molar-refractivity contribution in [2.75, 3.05) is 0 Å². The largest absolute Gasteiger partial charge is 0.467 e. The zero-order valence-corrected chi connectivity index (χ0v) is 21.7. The fraction of sp³-hybridized carbons (Fsp3) is 0.828. The van der Waals surface area contributed by atoms with Gasteiger partial charge in [-0.15, -0.1) is 0 Å². The molecular formula is C29H45NO5. The first-order valence-electron chi connectivity index (χ1n) is 14.0. The van der Waals surface area contributed by atoms with Crippen LogP contribution in [-0.4, -0.2) is 39.5 Å². The van der Waals surface area contributed by atoms with E-state index in [1.807, 2.05) is 12.1 Å². The van der Waals surface area contributed by atoms with E-state index in [4.69, 9.17) is 4.42 Å². The summed E-state index contributed by atoms with van der Waals surface area (Å²) in [5, 5.41) is 36.3. The van der Waals surface area contributed by atoms with Crippen LogP contribution in [0.3, 0.4) is 0 Å². The quantitative estimate of drug-likeness (QED) is 0.480. The molecule has 4 aliphatic carbocycles. The van der Waals surface area contributed by atoms with E-state index in [1.54, 1.807) is 6.26 Å². The predicted molar refractivity (Wildman–Crippen MR) is 133 cm³/mol. The molecule has 0 radical (unpaired) electrons. The summed E-state index contributed by atoms with van der Waals surface area (Å²) in [5.41, 5.74) is -0.120. The fourth-order valence-corrected chi connectivity index (χ4v) is 9.38. The van der Waals surface area contributed by atoms with E-state index in [0.717, 1.165) is 57.1 Å². The Morgan fingerprint density at radius 1 is 1.14 bits per heavy atom. The van der Waals surface area contributed by atoms with Gasteiger partial charge < -0.3 is 25.1 Å². The molecule has 0 bridgehead atoms. The summed E-state index contributed by atoms with van der Waals surface area (Å²) in [4.78, 5) is 12.5. The van der Waals surface area contributed by atoms with Crippen molar-refractivity contribution in [3.05, 3.63) is 24.2 Å². The lowest BCUT2D eigenvalue weighted by molar-refractivity contribution is -0.207. The molecule has 4 saturated carbocycles. The third kappa shape index (κ3) is 4.27. The molecule has 4 fully saturated rings. The molecule has 1 aromatic heterocycles. The van der Waals surface area contributed by atoms with Crippen molar-refractivity contribution < 1.29 is 24.5 Å². The highest BCUT2D eigenvalue weighted by Crippen LogP contribution is 2.68. The molecule has 5 rings (SSSR count). The van der Waals surface area contributed by atoms with Crippen LogP contribution in [0, 0.1) is 46.3 Å². The Kier molecular flexibility index (Phi) is 6.86. The van der Waals surface area contributed by atoms with Crippen molar-refractivity contribution in [3.8, 4) is 0 Å². The molecule has 0 unspecified atom stereocenters. The zero-order chi connectivity index (χ0) is 25.0. The molecule has 0 aliphatic heterocycles. The SMILES string of the molecule is C[C@H](CCC(=O)NCc1ccco1)[C@@H]1CC[C@@H]2[C@@H]3[C@H](O)C[C@H]4C[C@H](O)CC[C@]4(C)[C@@H]3C[C@H](O)[C@@]21C. The molecule has 11 atom stereocenters. The molecule has 1 heterocycles. The Bertz CT molecular complexity index is 888. The lowest BCUT2D eigenvalue weighted by Gasteiger charge is -2.63. The topological polar surface area (TPSA) is 103 Å². The summed E-state index contributed by atoms with van der Waals surface area (Å²) in [6.07, 6.45) is 8.19. The number of carbonyl (C=O) groups is 1. The minimum Gasteiger partial charge on any atom is -0.467 e. The molecule has 196 valence electrons. The maximum absolute atomic E-state index is 12.5. The number of rotatable bonds is 6.